The van der Waals surface area contributed by atoms with Gasteiger partial charge in [-0.05, 0) is 31.2 Å². The number of benzene rings is 2. The number of para-hydroxylation sites is 2. The first-order valence-corrected chi connectivity index (χ1v) is 12.1. The number of hydrogen-bond donors (Lipinski definition) is 1. The summed E-state index contributed by atoms with van der Waals surface area (Å²) in [5, 5.41) is 10.3. The average Bonchev–Trinajstić information content (AvgIpc) is 2.90. The second-order valence-electron chi connectivity index (χ2n) is 8.93. The van der Waals surface area contributed by atoms with Gasteiger partial charge in [0.15, 0.2) is 0 Å². The Labute approximate surface area is 222 Å². The molecule has 2 aromatic carbocycles. The molecule has 1 aliphatic rings. The predicted molar refractivity (Wildman–Crippen MR) is 144 cm³/mol. The van der Waals surface area contributed by atoms with Crippen LogP contribution in [-0.2, 0) is 14.3 Å². The predicted octanol–water partition coefficient (Wildman–Crippen LogP) is 4.31. The monoisotopic (exact) mass is 520 g/mol. The third-order valence-corrected chi connectivity index (χ3v) is 5.88. The molecule has 10 heteroatoms. The van der Waals surface area contributed by atoms with Gasteiger partial charge in [0.05, 0.1) is 29.1 Å². The van der Waals surface area contributed by atoms with Gasteiger partial charge < -0.3 is 19.6 Å². The van der Waals surface area contributed by atoms with E-state index in [1.165, 1.54) is 19.6 Å². The van der Waals surface area contributed by atoms with Crippen LogP contribution in [0.5, 0.6) is 0 Å². The van der Waals surface area contributed by atoms with E-state index in [9.17, 15) is 24.3 Å². The quantitative estimate of drug-likeness (QED) is 0.545. The number of nitrogens with zero attached hydrogens (tertiary/aromatic N) is 4. The van der Waals surface area contributed by atoms with E-state index >= 15 is 0 Å². The molecule has 2 aromatic rings. The zero-order chi connectivity index (χ0) is 28.0. The maximum atomic E-state index is 13.4. The molecule has 10 nitrogen and oxygen atoms in total. The summed E-state index contributed by atoms with van der Waals surface area (Å²) in [4.78, 5) is 58.0. The van der Waals surface area contributed by atoms with Crippen LogP contribution < -0.4 is 9.80 Å². The summed E-state index contributed by atoms with van der Waals surface area (Å²) in [7, 11) is 6.25. The molecule has 0 atom stereocenters. The van der Waals surface area contributed by atoms with Crippen molar-refractivity contribution in [1.82, 2.24) is 9.80 Å². The van der Waals surface area contributed by atoms with E-state index in [1.54, 1.807) is 95.8 Å². The maximum absolute atomic E-state index is 13.4. The number of carbonyl (C=O) groups excluding carboxylic acids is 3. The fourth-order valence-electron chi connectivity index (χ4n) is 4.11. The van der Waals surface area contributed by atoms with Crippen LogP contribution in [0, 0.1) is 0 Å². The molecule has 3 rings (SSSR count). The average molecular weight is 521 g/mol. The number of carboxylic acids is 1. The third-order valence-electron chi connectivity index (χ3n) is 5.88. The van der Waals surface area contributed by atoms with Crippen LogP contribution in [0.4, 0.5) is 21.0 Å². The van der Waals surface area contributed by atoms with Crippen LogP contribution in [0.25, 0.3) is 0 Å². The number of aliphatic carboxylic acids is 1. The lowest BCUT2D eigenvalue weighted by Crippen LogP contribution is -2.44. The third kappa shape index (κ3) is 5.86. The minimum absolute atomic E-state index is 0.0758. The van der Waals surface area contributed by atoms with Gasteiger partial charge in [-0.2, -0.15) is 0 Å². The van der Waals surface area contributed by atoms with E-state index in [1.807, 2.05) is 0 Å². The first-order valence-electron chi connectivity index (χ1n) is 12.1. The Kier molecular flexibility index (Phi) is 8.90. The van der Waals surface area contributed by atoms with Crippen LogP contribution in [0.15, 0.2) is 83.2 Å². The number of amides is 4. The van der Waals surface area contributed by atoms with Gasteiger partial charge in [0.2, 0.25) is 0 Å². The first kappa shape index (κ1) is 28.0. The van der Waals surface area contributed by atoms with Gasteiger partial charge in [0, 0.05) is 52.4 Å². The van der Waals surface area contributed by atoms with Crippen LogP contribution >= 0.6 is 0 Å². The minimum Gasteiger partial charge on any atom is -0.478 e. The normalized spacial score (nSPS) is 13.1. The molecule has 0 saturated carbocycles. The summed E-state index contributed by atoms with van der Waals surface area (Å²) in [6, 6.07) is 16.3. The standard InChI is InChI=1S/C28H32N4O6/c1-6-38-26(35)22-18-23(31(27(36)29(2)3)19-13-9-7-10-14-19)21(25(33)34)17-24(22)32(28(37)30(4)5)20-15-11-8-12-16-20/h7-16H,6,17-18H2,1-5H3,(H,33,34). The van der Waals surface area contributed by atoms with Crippen molar-refractivity contribution in [3.05, 3.63) is 83.2 Å². The lowest BCUT2D eigenvalue weighted by atomic mass is 9.90. The number of ether oxygens (including phenoxy) is 1. The van der Waals surface area contributed by atoms with E-state index in [4.69, 9.17) is 4.74 Å². The largest absolute Gasteiger partial charge is 0.478 e. The smallest absolute Gasteiger partial charge is 0.336 e. The number of rotatable bonds is 7. The number of hydrogen-bond acceptors (Lipinski definition) is 5. The van der Waals surface area contributed by atoms with Crippen molar-refractivity contribution in [2.24, 2.45) is 0 Å². The van der Waals surface area contributed by atoms with E-state index < -0.39 is 24.0 Å². The molecule has 0 aliphatic heterocycles. The van der Waals surface area contributed by atoms with Gasteiger partial charge >= 0.3 is 24.0 Å². The van der Waals surface area contributed by atoms with Crippen LogP contribution in [0.3, 0.4) is 0 Å². The first-order chi connectivity index (χ1) is 18.1. The number of carboxylic acid groups (broad SMARTS) is 1. The van der Waals surface area contributed by atoms with Gasteiger partial charge in [0.25, 0.3) is 0 Å². The van der Waals surface area contributed by atoms with Crippen LogP contribution in [-0.4, -0.2) is 73.7 Å². The van der Waals surface area contributed by atoms with Gasteiger partial charge in [-0.1, -0.05) is 36.4 Å². The molecule has 0 fully saturated rings. The molecule has 0 aromatic heterocycles. The number of urea groups is 2. The highest BCUT2D eigenvalue weighted by atomic mass is 16.5. The van der Waals surface area contributed by atoms with E-state index in [2.05, 4.69) is 0 Å². The Bertz CT molecular complexity index is 1270. The fraction of sp³-hybridized carbons (Fsp3) is 0.286. The molecule has 0 bridgehead atoms. The second kappa shape index (κ2) is 12.1. The van der Waals surface area contributed by atoms with Crippen LogP contribution in [0.2, 0.25) is 0 Å². The highest BCUT2D eigenvalue weighted by Gasteiger charge is 2.38. The Balaban J connectivity index is 2.29. The summed E-state index contributed by atoms with van der Waals surface area (Å²) in [6.07, 6.45) is -0.536. The summed E-state index contributed by atoms with van der Waals surface area (Å²) in [6.45, 7) is 1.73. The minimum atomic E-state index is -1.27. The van der Waals surface area contributed by atoms with E-state index in [-0.39, 0.29) is 42.0 Å². The molecule has 38 heavy (non-hydrogen) atoms. The zero-order valence-corrected chi connectivity index (χ0v) is 22.2. The molecule has 0 radical (unpaired) electrons. The highest BCUT2D eigenvalue weighted by molar-refractivity contribution is 6.04. The van der Waals surface area contributed by atoms with E-state index in [0.717, 1.165) is 0 Å². The Hall–Kier alpha value is -4.60. The summed E-state index contributed by atoms with van der Waals surface area (Å²) < 4.78 is 5.34. The summed E-state index contributed by atoms with van der Waals surface area (Å²) >= 11 is 0. The van der Waals surface area contributed by atoms with Crippen LogP contribution in [0.1, 0.15) is 19.8 Å². The topological polar surface area (TPSA) is 111 Å². The van der Waals surface area contributed by atoms with Gasteiger partial charge in [-0.3, -0.25) is 9.80 Å². The number of esters is 1. The lowest BCUT2D eigenvalue weighted by molar-refractivity contribution is -0.139. The molecule has 200 valence electrons. The lowest BCUT2D eigenvalue weighted by Gasteiger charge is -2.36. The second-order valence-corrected chi connectivity index (χ2v) is 8.93. The van der Waals surface area contributed by atoms with Crippen molar-refractivity contribution in [2.45, 2.75) is 19.8 Å². The SMILES string of the molecule is CCOC(=O)C1=C(N(C(=O)N(C)C)c2ccccc2)CC(C(=O)O)=C(N(C(=O)N(C)C)c2ccccc2)C1. The molecule has 0 heterocycles. The molecule has 0 unspecified atom stereocenters. The van der Waals surface area contributed by atoms with Crippen molar-refractivity contribution < 1.29 is 29.0 Å². The van der Waals surface area contributed by atoms with Crippen molar-refractivity contribution in [3.8, 4) is 0 Å². The van der Waals surface area contributed by atoms with Crippen molar-refractivity contribution in [3.63, 3.8) is 0 Å². The summed E-state index contributed by atoms with van der Waals surface area (Å²) in [5.74, 6) is -1.96. The molecule has 1 N–H and O–H groups in total. The number of anilines is 2. The molecule has 4 amide bonds. The van der Waals surface area contributed by atoms with Crippen molar-refractivity contribution in [2.75, 3.05) is 44.6 Å². The van der Waals surface area contributed by atoms with Gasteiger partial charge in [-0.25, -0.2) is 19.2 Å². The highest BCUT2D eigenvalue weighted by Crippen LogP contribution is 2.39. The van der Waals surface area contributed by atoms with Crippen molar-refractivity contribution in [1.29, 1.82) is 0 Å². The summed E-state index contributed by atoms with van der Waals surface area (Å²) in [5.41, 5.74) is 1.19. The molecule has 0 saturated heterocycles. The van der Waals surface area contributed by atoms with Crippen molar-refractivity contribution >= 4 is 35.4 Å². The number of carbonyl (C=O) groups is 4. The van der Waals surface area contributed by atoms with Gasteiger partial charge in [0.1, 0.15) is 0 Å². The van der Waals surface area contributed by atoms with Gasteiger partial charge in [-0.15, -0.1) is 0 Å². The molecule has 1 aliphatic carbocycles. The number of allylic oxidation sites excluding steroid dienone is 2. The Morgan fingerprint density at radius 1 is 0.711 bits per heavy atom. The van der Waals surface area contributed by atoms with E-state index in [0.29, 0.717) is 11.4 Å². The Morgan fingerprint density at radius 2 is 1.11 bits per heavy atom. The zero-order valence-electron chi connectivity index (χ0n) is 22.2. The molecule has 0 spiro atoms. The molecular weight excluding hydrogens is 488 g/mol. The maximum Gasteiger partial charge on any atom is 0.336 e. The molecular formula is C28H32N4O6. The fourth-order valence-corrected chi connectivity index (χ4v) is 4.11. The Morgan fingerprint density at radius 3 is 1.47 bits per heavy atom.